The van der Waals surface area contributed by atoms with Crippen molar-refractivity contribution < 1.29 is 18.3 Å². The molecule has 2 N–H and O–H groups in total. The summed E-state index contributed by atoms with van der Waals surface area (Å²) in [6.07, 6.45) is -3.27. The predicted molar refractivity (Wildman–Crippen MR) is 96.3 cm³/mol. The topological polar surface area (TPSA) is 37.2 Å². The first-order valence-electron chi connectivity index (χ1n) is 8.86. The Morgan fingerprint density at radius 3 is 2.50 bits per heavy atom. The fraction of sp³-hybridized carbons (Fsp3) is 0.400. The van der Waals surface area contributed by atoms with Gasteiger partial charge in [0, 0.05) is 28.4 Å². The molecule has 1 aliphatic rings. The van der Waals surface area contributed by atoms with Crippen molar-refractivity contribution in [1.29, 1.82) is 0 Å². The van der Waals surface area contributed by atoms with E-state index in [9.17, 15) is 18.3 Å². The Balaban J connectivity index is 2.01. The van der Waals surface area contributed by atoms with Gasteiger partial charge in [0.1, 0.15) is 0 Å². The maximum atomic E-state index is 13.2. The van der Waals surface area contributed by atoms with Crippen molar-refractivity contribution in [1.82, 2.24) is 9.88 Å². The van der Waals surface area contributed by atoms with Gasteiger partial charge in [-0.15, -0.1) is 0 Å². The molecular weight excluding hydrogens is 341 g/mol. The Hall–Kier alpha value is -2.05. The van der Waals surface area contributed by atoms with Gasteiger partial charge in [0.25, 0.3) is 0 Å². The van der Waals surface area contributed by atoms with E-state index < -0.39 is 17.8 Å². The van der Waals surface area contributed by atoms with Crippen LogP contribution in [-0.4, -0.2) is 28.9 Å². The van der Waals surface area contributed by atoms with E-state index in [1.54, 1.807) is 6.07 Å². The van der Waals surface area contributed by atoms with Crippen LogP contribution in [0.5, 0.6) is 0 Å². The van der Waals surface area contributed by atoms with Gasteiger partial charge in [0.2, 0.25) is 0 Å². The number of aliphatic hydroxyl groups is 1. The molecule has 3 aromatic rings. The summed E-state index contributed by atoms with van der Waals surface area (Å²) in [6.45, 7) is 3.25. The van der Waals surface area contributed by atoms with Crippen LogP contribution in [0, 0.1) is 6.92 Å². The SMILES string of the molecule is Cc1ccc2c(c1)c1cc(C(F)(F)F)ccc1n2[C@@H]1CCCNC[C@H]1O. The lowest BCUT2D eigenvalue weighted by Crippen LogP contribution is -2.31. The highest BCUT2D eigenvalue weighted by atomic mass is 19.4. The maximum Gasteiger partial charge on any atom is 0.416 e. The number of aromatic nitrogens is 1. The van der Waals surface area contributed by atoms with Gasteiger partial charge in [-0.2, -0.15) is 13.2 Å². The summed E-state index contributed by atoms with van der Waals surface area (Å²) in [5, 5.41) is 15.2. The van der Waals surface area contributed by atoms with E-state index in [1.165, 1.54) is 6.07 Å². The first kappa shape index (κ1) is 17.4. The number of rotatable bonds is 1. The minimum atomic E-state index is -4.38. The monoisotopic (exact) mass is 362 g/mol. The van der Waals surface area contributed by atoms with Gasteiger partial charge in [0.05, 0.1) is 17.7 Å². The summed E-state index contributed by atoms with van der Waals surface area (Å²) in [5.74, 6) is 0. The number of nitrogens with zero attached hydrogens (tertiary/aromatic N) is 1. The summed E-state index contributed by atoms with van der Waals surface area (Å²) in [7, 11) is 0. The van der Waals surface area contributed by atoms with Crippen molar-refractivity contribution in [2.45, 2.75) is 38.1 Å². The first-order chi connectivity index (χ1) is 12.4. The molecule has 1 aliphatic heterocycles. The van der Waals surface area contributed by atoms with Gasteiger partial charge in [-0.3, -0.25) is 0 Å². The van der Waals surface area contributed by atoms with Gasteiger partial charge in [0.15, 0.2) is 0 Å². The number of hydrogen-bond acceptors (Lipinski definition) is 2. The van der Waals surface area contributed by atoms with Crippen molar-refractivity contribution >= 4 is 21.8 Å². The molecule has 4 rings (SSSR count). The Morgan fingerprint density at radius 1 is 1.08 bits per heavy atom. The Morgan fingerprint density at radius 2 is 1.77 bits per heavy atom. The zero-order valence-corrected chi connectivity index (χ0v) is 14.5. The summed E-state index contributed by atoms with van der Waals surface area (Å²) in [5.41, 5.74) is 1.96. The number of aliphatic hydroxyl groups excluding tert-OH is 1. The molecule has 1 aromatic heterocycles. The van der Waals surface area contributed by atoms with E-state index in [4.69, 9.17) is 0 Å². The van der Waals surface area contributed by atoms with Crippen LogP contribution in [0.25, 0.3) is 21.8 Å². The molecular formula is C20H21F3N2O. The molecule has 2 heterocycles. The molecule has 26 heavy (non-hydrogen) atoms. The van der Waals surface area contributed by atoms with Gasteiger partial charge < -0.3 is 15.0 Å². The maximum absolute atomic E-state index is 13.2. The van der Waals surface area contributed by atoms with Crippen molar-refractivity contribution in [3.63, 3.8) is 0 Å². The molecule has 3 nitrogen and oxygen atoms in total. The standard InChI is InChI=1S/C20H21F3N2O/c1-12-4-6-16-14(9-12)15-10-13(20(21,22)23)5-7-17(15)25(16)18-3-2-8-24-11-19(18)26/h4-7,9-10,18-19,24,26H,2-3,8,11H2,1H3/t18-,19-/m1/s1. The summed E-state index contributed by atoms with van der Waals surface area (Å²) in [6, 6.07) is 9.58. The fourth-order valence-electron chi connectivity index (χ4n) is 4.02. The predicted octanol–water partition coefficient (Wildman–Crippen LogP) is 4.41. The van der Waals surface area contributed by atoms with E-state index in [0.717, 1.165) is 47.4 Å². The third-order valence-electron chi connectivity index (χ3n) is 5.27. The van der Waals surface area contributed by atoms with Crippen LogP contribution in [-0.2, 0) is 6.18 Å². The molecule has 0 aliphatic carbocycles. The molecule has 0 radical (unpaired) electrons. The number of aryl methyl sites for hydroxylation is 1. The molecule has 0 amide bonds. The van der Waals surface area contributed by atoms with Gasteiger partial charge >= 0.3 is 6.18 Å². The lowest BCUT2D eigenvalue weighted by Gasteiger charge is -2.24. The molecule has 138 valence electrons. The normalized spacial score (nSPS) is 22.0. The Kier molecular flexibility index (Phi) is 4.20. The van der Waals surface area contributed by atoms with E-state index >= 15 is 0 Å². The number of nitrogens with one attached hydrogen (secondary N) is 1. The molecule has 0 saturated carbocycles. The lowest BCUT2D eigenvalue weighted by molar-refractivity contribution is -0.137. The smallest absolute Gasteiger partial charge is 0.390 e. The van der Waals surface area contributed by atoms with Crippen LogP contribution in [0.15, 0.2) is 36.4 Å². The molecule has 1 fully saturated rings. The average molecular weight is 362 g/mol. The molecule has 6 heteroatoms. The van der Waals surface area contributed by atoms with Gasteiger partial charge in [-0.25, -0.2) is 0 Å². The summed E-state index contributed by atoms with van der Waals surface area (Å²) < 4.78 is 41.7. The number of halogens is 3. The second-order valence-electron chi connectivity index (χ2n) is 7.10. The number of benzene rings is 2. The highest BCUT2D eigenvalue weighted by molar-refractivity contribution is 6.08. The van der Waals surface area contributed by atoms with E-state index in [-0.39, 0.29) is 6.04 Å². The molecule has 0 unspecified atom stereocenters. The second-order valence-corrected chi connectivity index (χ2v) is 7.10. The zero-order chi connectivity index (χ0) is 18.5. The van der Waals surface area contributed by atoms with Crippen LogP contribution < -0.4 is 5.32 Å². The summed E-state index contributed by atoms with van der Waals surface area (Å²) in [4.78, 5) is 0. The molecule has 2 aromatic carbocycles. The van der Waals surface area contributed by atoms with E-state index in [1.807, 2.05) is 29.7 Å². The number of hydrogen-bond donors (Lipinski definition) is 2. The van der Waals surface area contributed by atoms with Crippen LogP contribution in [0.4, 0.5) is 13.2 Å². The van der Waals surface area contributed by atoms with Gasteiger partial charge in [-0.1, -0.05) is 11.6 Å². The van der Waals surface area contributed by atoms with E-state index in [0.29, 0.717) is 11.9 Å². The van der Waals surface area contributed by atoms with Gasteiger partial charge in [-0.05, 0) is 56.6 Å². The van der Waals surface area contributed by atoms with Crippen molar-refractivity contribution in [2.75, 3.05) is 13.1 Å². The second kappa shape index (κ2) is 6.28. The van der Waals surface area contributed by atoms with E-state index in [2.05, 4.69) is 5.32 Å². The lowest BCUT2D eigenvalue weighted by atomic mass is 10.1. The largest absolute Gasteiger partial charge is 0.416 e. The molecule has 0 bridgehead atoms. The number of alkyl halides is 3. The summed E-state index contributed by atoms with van der Waals surface area (Å²) >= 11 is 0. The van der Waals surface area contributed by atoms with Crippen molar-refractivity contribution in [2.24, 2.45) is 0 Å². The van der Waals surface area contributed by atoms with Crippen LogP contribution >= 0.6 is 0 Å². The van der Waals surface area contributed by atoms with Crippen LogP contribution in [0.1, 0.15) is 30.0 Å². The Labute approximate surface area is 149 Å². The Bertz CT molecular complexity index is 961. The molecule has 1 saturated heterocycles. The molecule has 0 spiro atoms. The fourth-order valence-corrected chi connectivity index (χ4v) is 4.02. The minimum Gasteiger partial charge on any atom is -0.390 e. The van der Waals surface area contributed by atoms with Crippen molar-refractivity contribution in [3.05, 3.63) is 47.5 Å². The van der Waals surface area contributed by atoms with Crippen LogP contribution in [0.2, 0.25) is 0 Å². The number of β-amino-alcohol motifs (C(OH)–C–C–N with tert-alkyl or cyclic N) is 1. The number of fused-ring (bicyclic) bond motifs is 3. The third kappa shape index (κ3) is 2.87. The average Bonchev–Trinajstić information content (AvgIpc) is 2.74. The highest BCUT2D eigenvalue weighted by Crippen LogP contribution is 2.39. The van der Waals surface area contributed by atoms with Crippen molar-refractivity contribution in [3.8, 4) is 0 Å². The third-order valence-corrected chi connectivity index (χ3v) is 5.27. The van der Waals surface area contributed by atoms with Crippen LogP contribution in [0.3, 0.4) is 0 Å². The molecule has 2 atom stereocenters. The zero-order valence-electron chi connectivity index (χ0n) is 14.5. The first-order valence-corrected chi connectivity index (χ1v) is 8.86. The minimum absolute atomic E-state index is 0.163. The quantitative estimate of drug-likeness (QED) is 0.673. The highest BCUT2D eigenvalue weighted by Gasteiger charge is 2.32.